The summed E-state index contributed by atoms with van der Waals surface area (Å²) in [6, 6.07) is 2.61. The van der Waals surface area contributed by atoms with Crippen molar-refractivity contribution in [3.05, 3.63) is 28.8 Å². The molecule has 3 nitrogen and oxygen atoms in total. The molecule has 18 heavy (non-hydrogen) atoms. The van der Waals surface area contributed by atoms with Gasteiger partial charge in [-0.3, -0.25) is 0 Å². The van der Waals surface area contributed by atoms with Gasteiger partial charge in [0.15, 0.2) is 0 Å². The van der Waals surface area contributed by atoms with Crippen LogP contribution in [-0.4, -0.2) is 20.8 Å². The SMILES string of the molecule is O[C@@H]1CCCC(C2c3sccc3-c3cncn32)C1. The number of rotatable bonds is 1. The van der Waals surface area contributed by atoms with E-state index in [2.05, 4.69) is 21.0 Å². The molecule has 0 aromatic carbocycles. The summed E-state index contributed by atoms with van der Waals surface area (Å²) in [6.07, 6.45) is 8.07. The molecule has 94 valence electrons. The Bertz CT molecular complexity index is 534. The molecule has 2 aromatic heterocycles. The molecular formula is C14H16N2OS. The summed E-state index contributed by atoms with van der Waals surface area (Å²) in [5.74, 6) is 0.557. The number of fused-ring (bicyclic) bond motifs is 3. The van der Waals surface area contributed by atoms with Gasteiger partial charge < -0.3 is 9.67 Å². The third kappa shape index (κ3) is 1.42. The van der Waals surface area contributed by atoms with E-state index in [4.69, 9.17) is 0 Å². The molecule has 4 rings (SSSR count). The summed E-state index contributed by atoms with van der Waals surface area (Å²) in [5.41, 5.74) is 2.60. The van der Waals surface area contributed by atoms with E-state index in [0.29, 0.717) is 12.0 Å². The predicted molar refractivity (Wildman–Crippen MR) is 71.6 cm³/mol. The van der Waals surface area contributed by atoms with Gasteiger partial charge in [0.1, 0.15) is 0 Å². The minimum absolute atomic E-state index is 0.111. The first kappa shape index (κ1) is 10.8. The van der Waals surface area contributed by atoms with Crippen LogP contribution < -0.4 is 0 Å². The highest BCUT2D eigenvalue weighted by Crippen LogP contribution is 2.49. The molecule has 0 bridgehead atoms. The molecule has 3 heterocycles. The Labute approximate surface area is 110 Å². The van der Waals surface area contributed by atoms with Crippen LogP contribution in [0.15, 0.2) is 24.0 Å². The number of thiophene rings is 1. The highest BCUT2D eigenvalue weighted by molar-refractivity contribution is 7.10. The van der Waals surface area contributed by atoms with Crippen LogP contribution in [-0.2, 0) is 0 Å². The van der Waals surface area contributed by atoms with Crippen molar-refractivity contribution in [3.8, 4) is 11.3 Å². The largest absolute Gasteiger partial charge is 0.393 e. The molecule has 1 fully saturated rings. The summed E-state index contributed by atoms with van der Waals surface area (Å²) in [7, 11) is 0. The van der Waals surface area contributed by atoms with Crippen molar-refractivity contribution in [1.82, 2.24) is 9.55 Å². The maximum absolute atomic E-state index is 9.92. The lowest BCUT2D eigenvalue weighted by atomic mass is 9.82. The minimum atomic E-state index is -0.111. The van der Waals surface area contributed by atoms with Crippen LogP contribution in [0.4, 0.5) is 0 Å². The number of aromatic nitrogens is 2. The average molecular weight is 260 g/mol. The van der Waals surface area contributed by atoms with Crippen molar-refractivity contribution in [3.63, 3.8) is 0 Å². The Kier molecular flexibility index (Phi) is 2.35. The van der Waals surface area contributed by atoms with Crippen LogP contribution in [0.2, 0.25) is 0 Å². The predicted octanol–water partition coefficient (Wildman–Crippen LogP) is 3.07. The first-order chi connectivity index (χ1) is 8.84. The van der Waals surface area contributed by atoms with Crippen molar-refractivity contribution in [2.75, 3.05) is 0 Å². The zero-order valence-electron chi connectivity index (χ0n) is 10.1. The van der Waals surface area contributed by atoms with E-state index in [-0.39, 0.29) is 6.10 Å². The fourth-order valence-corrected chi connectivity index (χ4v) is 4.65. The van der Waals surface area contributed by atoms with E-state index >= 15 is 0 Å². The van der Waals surface area contributed by atoms with Gasteiger partial charge in [-0.2, -0.15) is 0 Å². The maximum atomic E-state index is 9.92. The molecule has 2 unspecified atom stereocenters. The van der Waals surface area contributed by atoms with E-state index in [0.717, 1.165) is 19.3 Å². The quantitative estimate of drug-likeness (QED) is 0.855. The van der Waals surface area contributed by atoms with Crippen LogP contribution in [0.5, 0.6) is 0 Å². The number of aliphatic hydroxyl groups is 1. The van der Waals surface area contributed by atoms with E-state index in [1.54, 1.807) is 0 Å². The normalized spacial score (nSPS) is 30.2. The number of hydrogen-bond acceptors (Lipinski definition) is 3. The van der Waals surface area contributed by atoms with Gasteiger partial charge in [0.05, 0.1) is 30.4 Å². The third-order valence-corrected chi connectivity index (χ3v) is 5.33. The van der Waals surface area contributed by atoms with Crippen LogP contribution in [0.3, 0.4) is 0 Å². The monoisotopic (exact) mass is 260 g/mol. The van der Waals surface area contributed by atoms with Gasteiger partial charge in [-0.1, -0.05) is 6.42 Å². The second kappa shape index (κ2) is 3.93. The first-order valence-corrected chi connectivity index (χ1v) is 7.50. The molecule has 1 aliphatic heterocycles. The fourth-order valence-electron chi connectivity index (χ4n) is 3.55. The van der Waals surface area contributed by atoms with E-state index in [1.807, 2.05) is 23.9 Å². The molecular weight excluding hydrogens is 244 g/mol. The van der Waals surface area contributed by atoms with Crippen LogP contribution >= 0.6 is 11.3 Å². The zero-order chi connectivity index (χ0) is 12.1. The molecule has 0 saturated heterocycles. The van der Waals surface area contributed by atoms with E-state index in [9.17, 15) is 5.11 Å². The van der Waals surface area contributed by atoms with Crippen molar-refractivity contribution in [2.45, 2.75) is 37.8 Å². The lowest BCUT2D eigenvalue weighted by molar-refractivity contribution is 0.0892. The minimum Gasteiger partial charge on any atom is -0.393 e. The number of imidazole rings is 1. The van der Waals surface area contributed by atoms with Crippen LogP contribution in [0.1, 0.15) is 36.6 Å². The molecule has 1 aliphatic carbocycles. The van der Waals surface area contributed by atoms with Crippen molar-refractivity contribution >= 4 is 11.3 Å². The Morgan fingerprint density at radius 3 is 3.22 bits per heavy atom. The highest BCUT2D eigenvalue weighted by atomic mass is 32.1. The first-order valence-electron chi connectivity index (χ1n) is 6.62. The molecule has 0 spiro atoms. The lowest BCUT2D eigenvalue weighted by Gasteiger charge is -2.31. The molecule has 2 aliphatic rings. The Balaban J connectivity index is 1.77. The summed E-state index contributed by atoms with van der Waals surface area (Å²) in [4.78, 5) is 5.76. The molecule has 2 aromatic rings. The van der Waals surface area contributed by atoms with Gasteiger partial charge >= 0.3 is 0 Å². The van der Waals surface area contributed by atoms with Crippen LogP contribution in [0.25, 0.3) is 11.3 Å². The van der Waals surface area contributed by atoms with Gasteiger partial charge in [-0.25, -0.2) is 4.98 Å². The standard InChI is InChI=1S/C14H16N2OS/c17-10-3-1-2-9(6-10)13-14-11(4-5-18-14)12-7-15-8-16(12)13/h4-5,7-10,13,17H,1-3,6H2/t9?,10-,13?/m1/s1. The lowest BCUT2D eigenvalue weighted by Crippen LogP contribution is -2.26. The smallest absolute Gasteiger partial charge is 0.0957 e. The summed E-state index contributed by atoms with van der Waals surface area (Å²) in [5, 5.41) is 12.1. The topological polar surface area (TPSA) is 38.1 Å². The second-order valence-corrected chi connectivity index (χ2v) is 6.36. The number of hydrogen-bond donors (Lipinski definition) is 1. The van der Waals surface area contributed by atoms with Gasteiger partial charge in [-0.05, 0) is 36.6 Å². The third-order valence-electron chi connectivity index (χ3n) is 4.34. The van der Waals surface area contributed by atoms with Gasteiger partial charge in [0, 0.05) is 10.4 Å². The molecule has 0 radical (unpaired) electrons. The zero-order valence-corrected chi connectivity index (χ0v) is 10.9. The summed E-state index contributed by atoms with van der Waals surface area (Å²) < 4.78 is 2.31. The Morgan fingerprint density at radius 1 is 1.39 bits per heavy atom. The fraction of sp³-hybridized carbons (Fsp3) is 0.500. The van der Waals surface area contributed by atoms with E-state index < -0.39 is 0 Å². The van der Waals surface area contributed by atoms with Crippen molar-refractivity contribution in [1.29, 1.82) is 0 Å². The number of nitrogens with zero attached hydrogens (tertiary/aromatic N) is 2. The highest BCUT2D eigenvalue weighted by Gasteiger charge is 2.37. The van der Waals surface area contributed by atoms with Gasteiger partial charge in [0.25, 0.3) is 0 Å². The Morgan fingerprint density at radius 2 is 2.33 bits per heavy atom. The molecule has 1 N–H and O–H groups in total. The molecule has 0 amide bonds. The summed E-state index contributed by atoms with van der Waals surface area (Å²) in [6.45, 7) is 0. The van der Waals surface area contributed by atoms with E-state index in [1.165, 1.54) is 22.6 Å². The van der Waals surface area contributed by atoms with Gasteiger partial charge in [-0.15, -0.1) is 11.3 Å². The maximum Gasteiger partial charge on any atom is 0.0957 e. The van der Waals surface area contributed by atoms with Crippen molar-refractivity contribution in [2.24, 2.45) is 5.92 Å². The molecule has 1 saturated carbocycles. The Hall–Kier alpha value is -1.13. The van der Waals surface area contributed by atoms with Crippen molar-refractivity contribution < 1.29 is 5.11 Å². The van der Waals surface area contributed by atoms with Gasteiger partial charge in [0.2, 0.25) is 0 Å². The summed E-state index contributed by atoms with van der Waals surface area (Å²) >= 11 is 1.85. The molecule has 4 heteroatoms. The average Bonchev–Trinajstić information content (AvgIpc) is 2.99. The molecule has 3 atom stereocenters. The number of aliphatic hydroxyl groups excluding tert-OH is 1. The second-order valence-electron chi connectivity index (χ2n) is 5.41. The van der Waals surface area contributed by atoms with Crippen LogP contribution in [0, 0.1) is 5.92 Å².